The van der Waals surface area contributed by atoms with E-state index in [4.69, 9.17) is 11.5 Å². The highest BCUT2D eigenvalue weighted by molar-refractivity contribution is 6.03. The second kappa shape index (κ2) is 4.43. The van der Waals surface area contributed by atoms with E-state index in [9.17, 15) is 14.4 Å². The maximum atomic E-state index is 11.3. The molecule has 16 heavy (non-hydrogen) atoms. The molecule has 84 valence electrons. The molecule has 0 bridgehead atoms. The molecular formula is C10H11N3O3. The Balaban J connectivity index is 3.35. The summed E-state index contributed by atoms with van der Waals surface area (Å²) in [6, 6.07) is 3.85. The molecule has 0 aliphatic rings. The molecule has 6 heteroatoms. The van der Waals surface area contributed by atoms with Crippen molar-refractivity contribution in [3.63, 3.8) is 0 Å². The molecule has 6 nitrogen and oxygen atoms in total. The number of hydrogen-bond donors (Lipinski definition) is 3. The van der Waals surface area contributed by atoms with Crippen molar-refractivity contribution in [2.24, 2.45) is 11.5 Å². The lowest BCUT2D eigenvalue weighted by atomic mass is 10.0. The molecule has 1 aromatic rings. The van der Waals surface area contributed by atoms with E-state index in [1.54, 1.807) is 0 Å². The molecule has 0 aliphatic carbocycles. The Morgan fingerprint density at radius 3 is 1.62 bits per heavy atom. The fourth-order valence-corrected chi connectivity index (χ4v) is 1.19. The van der Waals surface area contributed by atoms with Crippen LogP contribution in [0.15, 0.2) is 18.2 Å². The minimum atomic E-state index is -0.728. The van der Waals surface area contributed by atoms with Crippen molar-refractivity contribution in [3.8, 4) is 0 Å². The van der Waals surface area contributed by atoms with Crippen LogP contribution in [-0.2, 0) is 0 Å². The molecule has 0 saturated heterocycles. The van der Waals surface area contributed by atoms with E-state index in [1.807, 2.05) is 0 Å². The Hall–Kier alpha value is -2.37. The van der Waals surface area contributed by atoms with Crippen LogP contribution in [0.4, 0.5) is 0 Å². The molecule has 0 aromatic heterocycles. The molecule has 1 aromatic carbocycles. The summed E-state index contributed by atoms with van der Waals surface area (Å²) in [5.74, 6) is -1.88. The smallest absolute Gasteiger partial charge is 0.251 e. The second-order valence-electron chi connectivity index (χ2n) is 3.11. The molecule has 0 fully saturated rings. The average molecular weight is 221 g/mol. The van der Waals surface area contributed by atoms with Crippen LogP contribution in [0.3, 0.4) is 0 Å². The van der Waals surface area contributed by atoms with Crippen molar-refractivity contribution < 1.29 is 14.4 Å². The van der Waals surface area contributed by atoms with Crippen molar-refractivity contribution in [1.82, 2.24) is 5.32 Å². The Morgan fingerprint density at radius 2 is 1.31 bits per heavy atom. The van der Waals surface area contributed by atoms with Crippen molar-refractivity contribution >= 4 is 17.7 Å². The zero-order valence-corrected chi connectivity index (χ0v) is 8.61. The summed E-state index contributed by atoms with van der Waals surface area (Å²) in [6.07, 6.45) is 0. The fourth-order valence-electron chi connectivity index (χ4n) is 1.19. The molecule has 0 aliphatic heterocycles. The summed E-state index contributed by atoms with van der Waals surface area (Å²) in [7, 11) is 1.43. The highest BCUT2D eigenvalue weighted by Gasteiger charge is 2.12. The number of rotatable bonds is 3. The summed E-state index contributed by atoms with van der Waals surface area (Å²) in [5.41, 5.74) is 10.4. The minimum Gasteiger partial charge on any atom is -0.366 e. The third-order valence-electron chi connectivity index (χ3n) is 1.99. The van der Waals surface area contributed by atoms with Gasteiger partial charge < -0.3 is 16.8 Å². The highest BCUT2D eigenvalue weighted by Crippen LogP contribution is 2.10. The largest absolute Gasteiger partial charge is 0.366 e. The number of nitrogens with one attached hydrogen (secondary N) is 1. The Labute approximate surface area is 91.6 Å². The maximum Gasteiger partial charge on any atom is 0.251 e. The van der Waals surface area contributed by atoms with Gasteiger partial charge in [-0.1, -0.05) is 0 Å². The topological polar surface area (TPSA) is 115 Å². The van der Waals surface area contributed by atoms with E-state index < -0.39 is 17.7 Å². The van der Waals surface area contributed by atoms with E-state index in [1.165, 1.54) is 25.2 Å². The van der Waals surface area contributed by atoms with E-state index in [2.05, 4.69) is 5.32 Å². The lowest BCUT2D eigenvalue weighted by Crippen LogP contribution is -2.21. The van der Waals surface area contributed by atoms with Gasteiger partial charge in [-0.3, -0.25) is 14.4 Å². The lowest BCUT2D eigenvalue weighted by Gasteiger charge is -2.04. The summed E-state index contributed by atoms with van der Waals surface area (Å²) in [5, 5.41) is 2.37. The molecule has 0 saturated carbocycles. The fraction of sp³-hybridized carbons (Fsp3) is 0.100. The van der Waals surface area contributed by atoms with Crippen molar-refractivity contribution in [2.45, 2.75) is 0 Å². The standard InChI is InChI=1S/C10H11N3O3/c1-13-10(16)7-3-5(8(11)14)2-6(4-7)9(12)15/h2-4H,1H3,(H2,11,14)(H2,12,15)(H,13,16). The molecule has 0 heterocycles. The number of benzene rings is 1. The van der Waals surface area contributed by atoms with Gasteiger partial charge in [-0.05, 0) is 18.2 Å². The zero-order valence-electron chi connectivity index (χ0n) is 8.61. The van der Waals surface area contributed by atoms with Gasteiger partial charge in [-0.15, -0.1) is 0 Å². The summed E-state index contributed by atoms with van der Waals surface area (Å²) in [4.78, 5) is 33.3. The number of amides is 3. The van der Waals surface area contributed by atoms with Crippen LogP contribution in [0.1, 0.15) is 31.1 Å². The van der Waals surface area contributed by atoms with E-state index in [0.29, 0.717) is 0 Å². The average Bonchev–Trinajstić information content (AvgIpc) is 2.27. The van der Waals surface area contributed by atoms with Crippen LogP contribution in [0, 0.1) is 0 Å². The van der Waals surface area contributed by atoms with Gasteiger partial charge in [-0.25, -0.2) is 0 Å². The summed E-state index contributed by atoms with van der Waals surface area (Å²) < 4.78 is 0. The molecule has 1 rings (SSSR count). The Bertz CT molecular complexity index is 436. The van der Waals surface area contributed by atoms with Gasteiger partial charge in [0.1, 0.15) is 0 Å². The number of hydrogen-bond acceptors (Lipinski definition) is 3. The van der Waals surface area contributed by atoms with Gasteiger partial charge in [0, 0.05) is 23.7 Å². The molecule has 0 radical (unpaired) electrons. The normalized spacial score (nSPS) is 9.56. The first-order chi connectivity index (χ1) is 7.45. The van der Waals surface area contributed by atoms with Crippen LogP contribution < -0.4 is 16.8 Å². The molecular weight excluding hydrogens is 210 g/mol. The van der Waals surface area contributed by atoms with Crippen molar-refractivity contribution in [2.75, 3.05) is 7.05 Å². The molecule has 5 N–H and O–H groups in total. The van der Waals surface area contributed by atoms with Crippen LogP contribution in [-0.4, -0.2) is 24.8 Å². The van der Waals surface area contributed by atoms with Crippen LogP contribution in [0.2, 0.25) is 0 Å². The van der Waals surface area contributed by atoms with E-state index in [0.717, 1.165) is 0 Å². The minimum absolute atomic E-state index is 0.0647. The Kier molecular flexibility index (Phi) is 3.24. The van der Waals surface area contributed by atoms with Gasteiger partial charge in [0.15, 0.2) is 0 Å². The van der Waals surface area contributed by atoms with Crippen molar-refractivity contribution in [1.29, 1.82) is 0 Å². The summed E-state index contributed by atoms with van der Waals surface area (Å²) >= 11 is 0. The quantitative estimate of drug-likeness (QED) is 0.623. The molecule has 0 spiro atoms. The predicted molar refractivity (Wildman–Crippen MR) is 56.9 cm³/mol. The number of primary amides is 2. The first kappa shape index (κ1) is 11.7. The van der Waals surface area contributed by atoms with Crippen LogP contribution in [0.5, 0.6) is 0 Å². The number of carbonyl (C=O) groups is 3. The third-order valence-corrected chi connectivity index (χ3v) is 1.99. The highest BCUT2D eigenvalue weighted by atomic mass is 16.2. The van der Waals surface area contributed by atoms with Crippen molar-refractivity contribution in [3.05, 3.63) is 34.9 Å². The monoisotopic (exact) mass is 221 g/mol. The first-order valence-electron chi connectivity index (χ1n) is 4.42. The SMILES string of the molecule is CNC(=O)c1cc(C(N)=O)cc(C(N)=O)c1. The van der Waals surface area contributed by atoms with Gasteiger partial charge in [0.25, 0.3) is 5.91 Å². The number of carbonyl (C=O) groups excluding carboxylic acids is 3. The zero-order chi connectivity index (χ0) is 12.3. The van der Waals surface area contributed by atoms with E-state index >= 15 is 0 Å². The summed E-state index contributed by atoms with van der Waals surface area (Å²) in [6.45, 7) is 0. The maximum absolute atomic E-state index is 11.3. The predicted octanol–water partition coefficient (Wildman–Crippen LogP) is -0.756. The van der Waals surface area contributed by atoms with Gasteiger partial charge in [-0.2, -0.15) is 0 Å². The van der Waals surface area contributed by atoms with Crippen LogP contribution in [0.25, 0.3) is 0 Å². The van der Waals surface area contributed by atoms with Crippen LogP contribution >= 0.6 is 0 Å². The molecule has 3 amide bonds. The van der Waals surface area contributed by atoms with Gasteiger partial charge in [0.05, 0.1) is 0 Å². The van der Waals surface area contributed by atoms with E-state index in [-0.39, 0.29) is 16.7 Å². The molecule has 0 unspecified atom stereocenters. The van der Waals surface area contributed by atoms with Gasteiger partial charge >= 0.3 is 0 Å². The second-order valence-corrected chi connectivity index (χ2v) is 3.11. The van der Waals surface area contributed by atoms with Gasteiger partial charge in [0.2, 0.25) is 11.8 Å². The molecule has 0 atom stereocenters. The third kappa shape index (κ3) is 2.35. The Morgan fingerprint density at radius 1 is 0.938 bits per heavy atom. The lowest BCUT2D eigenvalue weighted by molar-refractivity contribution is 0.0963. The number of nitrogens with two attached hydrogens (primary N) is 2. The first-order valence-corrected chi connectivity index (χ1v) is 4.42.